The second-order valence-electron chi connectivity index (χ2n) is 5.81. The summed E-state index contributed by atoms with van der Waals surface area (Å²) in [7, 11) is 1.60. The fourth-order valence-electron chi connectivity index (χ4n) is 2.71. The summed E-state index contributed by atoms with van der Waals surface area (Å²) in [6.45, 7) is 3.46. The van der Waals surface area contributed by atoms with Gasteiger partial charge in [0.25, 0.3) is 5.91 Å². The van der Waals surface area contributed by atoms with Crippen LogP contribution in [-0.2, 0) is 11.3 Å². The fraction of sp³-hybridized carbons (Fsp3) is 0.471. The Bertz CT molecular complexity index is 708. The lowest BCUT2D eigenvalue weighted by Crippen LogP contribution is -2.23. The van der Waals surface area contributed by atoms with Crippen LogP contribution in [0.1, 0.15) is 46.5 Å². The first-order chi connectivity index (χ1) is 11.7. The molecule has 1 aromatic carbocycles. The molecule has 128 valence electrons. The Morgan fingerprint density at radius 3 is 3.00 bits per heavy atom. The number of nitrogens with one attached hydrogen (secondary N) is 1. The molecule has 0 spiro atoms. The van der Waals surface area contributed by atoms with E-state index in [1.54, 1.807) is 19.2 Å². The lowest BCUT2D eigenvalue weighted by molar-refractivity contribution is 0.0720. The second-order valence-corrected chi connectivity index (χ2v) is 5.81. The van der Waals surface area contributed by atoms with E-state index in [9.17, 15) is 4.79 Å². The van der Waals surface area contributed by atoms with E-state index in [1.807, 2.05) is 13.0 Å². The molecule has 7 nitrogen and oxygen atoms in total. The van der Waals surface area contributed by atoms with Crippen LogP contribution >= 0.6 is 0 Å². The van der Waals surface area contributed by atoms with Crippen LogP contribution in [0.5, 0.6) is 5.75 Å². The molecule has 0 saturated carbocycles. The number of nitrogens with zero attached hydrogens (tertiary/aromatic N) is 2. The standard InChI is InChI=1S/C17H21N3O4/c1-11-8-13(22-2)5-6-14(11)16(21)18-9-15-19-20-17(24-15)12-4-3-7-23-10-12/h5-6,8,12H,3-4,7,9-10H2,1-2H3,(H,18,21). The van der Waals surface area contributed by atoms with Crippen LogP contribution < -0.4 is 10.1 Å². The average Bonchev–Trinajstić information content (AvgIpc) is 3.09. The zero-order chi connectivity index (χ0) is 16.9. The van der Waals surface area contributed by atoms with Crippen molar-refractivity contribution in [3.63, 3.8) is 0 Å². The zero-order valence-electron chi connectivity index (χ0n) is 13.9. The molecule has 1 fully saturated rings. The van der Waals surface area contributed by atoms with E-state index in [1.165, 1.54) is 0 Å². The van der Waals surface area contributed by atoms with Gasteiger partial charge in [0, 0.05) is 12.2 Å². The SMILES string of the molecule is COc1ccc(C(=O)NCc2nnc(C3CCCOC3)o2)c(C)c1. The van der Waals surface area contributed by atoms with E-state index in [0.29, 0.717) is 24.0 Å². The van der Waals surface area contributed by atoms with Gasteiger partial charge in [-0.25, -0.2) is 0 Å². The summed E-state index contributed by atoms with van der Waals surface area (Å²) in [6, 6.07) is 5.32. The number of hydrogen-bond donors (Lipinski definition) is 1. The van der Waals surface area contributed by atoms with E-state index >= 15 is 0 Å². The van der Waals surface area contributed by atoms with Gasteiger partial charge in [-0.15, -0.1) is 10.2 Å². The van der Waals surface area contributed by atoms with E-state index < -0.39 is 0 Å². The smallest absolute Gasteiger partial charge is 0.251 e. The van der Waals surface area contributed by atoms with Gasteiger partial charge in [0.05, 0.1) is 26.2 Å². The van der Waals surface area contributed by atoms with Crippen LogP contribution in [0.25, 0.3) is 0 Å². The molecule has 2 aromatic rings. The van der Waals surface area contributed by atoms with Crippen LogP contribution in [0.15, 0.2) is 22.6 Å². The van der Waals surface area contributed by atoms with E-state index in [2.05, 4.69) is 15.5 Å². The zero-order valence-corrected chi connectivity index (χ0v) is 13.9. The number of carbonyl (C=O) groups is 1. The molecular weight excluding hydrogens is 310 g/mol. The minimum Gasteiger partial charge on any atom is -0.497 e. The first kappa shape index (κ1) is 16.4. The third-order valence-electron chi connectivity index (χ3n) is 4.07. The van der Waals surface area contributed by atoms with Crippen molar-refractivity contribution in [2.24, 2.45) is 0 Å². The highest BCUT2D eigenvalue weighted by Gasteiger charge is 2.22. The molecule has 1 N–H and O–H groups in total. The number of aryl methyl sites for hydroxylation is 1. The minimum absolute atomic E-state index is 0.152. The van der Waals surface area contributed by atoms with Crippen LogP contribution in [0.2, 0.25) is 0 Å². The van der Waals surface area contributed by atoms with Crippen LogP contribution in [0.3, 0.4) is 0 Å². The number of amides is 1. The summed E-state index contributed by atoms with van der Waals surface area (Å²) in [5, 5.41) is 10.9. The van der Waals surface area contributed by atoms with E-state index in [4.69, 9.17) is 13.9 Å². The summed E-state index contributed by atoms with van der Waals surface area (Å²) in [5.41, 5.74) is 1.44. The first-order valence-electron chi connectivity index (χ1n) is 8.00. The van der Waals surface area contributed by atoms with Gasteiger partial charge in [-0.1, -0.05) is 0 Å². The summed E-state index contributed by atoms with van der Waals surface area (Å²) in [6.07, 6.45) is 1.98. The maximum Gasteiger partial charge on any atom is 0.251 e. The molecule has 0 aliphatic carbocycles. The predicted molar refractivity (Wildman–Crippen MR) is 86.0 cm³/mol. The Morgan fingerprint density at radius 2 is 2.29 bits per heavy atom. The maximum atomic E-state index is 12.3. The van der Waals surface area contributed by atoms with Gasteiger partial charge >= 0.3 is 0 Å². The number of ether oxygens (including phenoxy) is 2. The van der Waals surface area contributed by atoms with Crippen molar-refractivity contribution in [2.75, 3.05) is 20.3 Å². The first-order valence-corrected chi connectivity index (χ1v) is 8.00. The van der Waals surface area contributed by atoms with Crippen LogP contribution in [0, 0.1) is 6.92 Å². The molecule has 1 aromatic heterocycles. The number of rotatable bonds is 5. The monoisotopic (exact) mass is 331 g/mol. The normalized spacial score (nSPS) is 17.5. The van der Waals surface area contributed by atoms with Gasteiger partial charge in [0.2, 0.25) is 11.8 Å². The third-order valence-corrected chi connectivity index (χ3v) is 4.07. The molecular formula is C17H21N3O4. The highest BCUT2D eigenvalue weighted by Crippen LogP contribution is 2.24. The number of aromatic nitrogens is 2. The lowest BCUT2D eigenvalue weighted by atomic mass is 10.0. The molecule has 1 atom stereocenters. The molecule has 1 amide bonds. The molecule has 1 aliphatic rings. The molecule has 1 aliphatic heterocycles. The number of methoxy groups -OCH3 is 1. The maximum absolute atomic E-state index is 12.3. The number of benzene rings is 1. The third kappa shape index (κ3) is 3.73. The summed E-state index contributed by atoms with van der Waals surface area (Å²) in [5.74, 6) is 1.67. The average molecular weight is 331 g/mol. The highest BCUT2D eigenvalue weighted by molar-refractivity contribution is 5.95. The molecule has 1 unspecified atom stereocenters. The molecule has 7 heteroatoms. The van der Waals surface area contributed by atoms with E-state index in [0.717, 1.165) is 30.8 Å². The Hall–Kier alpha value is -2.41. The van der Waals surface area contributed by atoms with Crippen molar-refractivity contribution in [3.8, 4) is 5.75 Å². The summed E-state index contributed by atoms with van der Waals surface area (Å²) >= 11 is 0. The number of hydrogen-bond acceptors (Lipinski definition) is 6. The van der Waals surface area contributed by atoms with Gasteiger partial charge in [-0.3, -0.25) is 4.79 Å². The van der Waals surface area contributed by atoms with E-state index in [-0.39, 0.29) is 18.4 Å². The highest BCUT2D eigenvalue weighted by atomic mass is 16.5. The predicted octanol–water partition coefficient (Wildman–Crippen LogP) is 2.21. The largest absolute Gasteiger partial charge is 0.497 e. The van der Waals surface area contributed by atoms with Gasteiger partial charge in [0.1, 0.15) is 5.75 Å². The summed E-state index contributed by atoms with van der Waals surface area (Å²) in [4.78, 5) is 12.3. The van der Waals surface area contributed by atoms with Gasteiger partial charge < -0.3 is 19.2 Å². The van der Waals surface area contributed by atoms with Crippen molar-refractivity contribution < 1.29 is 18.7 Å². The quantitative estimate of drug-likeness (QED) is 0.904. The summed E-state index contributed by atoms with van der Waals surface area (Å²) < 4.78 is 16.2. The van der Waals surface area contributed by atoms with Gasteiger partial charge in [-0.05, 0) is 43.5 Å². The molecule has 1 saturated heterocycles. The second kappa shape index (κ2) is 7.44. The molecule has 0 radical (unpaired) electrons. The molecule has 3 rings (SSSR count). The number of carbonyl (C=O) groups excluding carboxylic acids is 1. The molecule has 2 heterocycles. The van der Waals surface area contributed by atoms with Crippen molar-refractivity contribution in [2.45, 2.75) is 32.2 Å². The molecule has 24 heavy (non-hydrogen) atoms. The van der Waals surface area contributed by atoms with Crippen molar-refractivity contribution in [1.82, 2.24) is 15.5 Å². The van der Waals surface area contributed by atoms with Crippen molar-refractivity contribution in [1.29, 1.82) is 0 Å². The van der Waals surface area contributed by atoms with Crippen LogP contribution in [-0.4, -0.2) is 36.4 Å². The Morgan fingerprint density at radius 1 is 1.42 bits per heavy atom. The Labute approximate surface area is 140 Å². The van der Waals surface area contributed by atoms with Gasteiger partial charge in [-0.2, -0.15) is 0 Å². The van der Waals surface area contributed by atoms with Gasteiger partial charge in [0.15, 0.2) is 0 Å². The minimum atomic E-state index is -0.184. The lowest BCUT2D eigenvalue weighted by Gasteiger charge is -2.18. The molecule has 0 bridgehead atoms. The topological polar surface area (TPSA) is 86.5 Å². The van der Waals surface area contributed by atoms with Crippen molar-refractivity contribution in [3.05, 3.63) is 41.1 Å². The fourth-order valence-corrected chi connectivity index (χ4v) is 2.71. The van der Waals surface area contributed by atoms with Crippen LogP contribution in [0.4, 0.5) is 0 Å². The Kier molecular flexibility index (Phi) is 5.10. The Balaban J connectivity index is 1.59. The van der Waals surface area contributed by atoms with Crippen molar-refractivity contribution >= 4 is 5.91 Å².